The highest BCUT2D eigenvalue weighted by Crippen LogP contribution is 2.48. The first-order chi connectivity index (χ1) is 10.4. The number of nitrogens with one attached hydrogen (secondary N) is 1. The summed E-state index contributed by atoms with van der Waals surface area (Å²) >= 11 is 0. The van der Waals surface area contributed by atoms with Crippen LogP contribution in [-0.4, -0.2) is 16.3 Å². The van der Waals surface area contributed by atoms with Gasteiger partial charge in [-0.15, -0.1) is 0 Å². The molecule has 3 nitrogen and oxygen atoms in total. The molecule has 3 heteroatoms. The largest absolute Gasteiger partial charge is 0.312 e. The molecule has 0 radical (unpaired) electrons. The fourth-order valence-electron chi connectivity index (χ4n) is 3.34. The third-order valence-electron chi connectivity index (χ3n) is 4.87. The van der Waals surface area contributed by atoms with Crippen LogP contribution in [0.3, 0.4) is 0 Å². The molecule has 0 spiro atoms. The van der Waals surface area contributed by atoms with E-state index in [1.54, 1.807) is 0 Å². The smallest absolute Gasteiger partial charge is 0.0645 e. The van der Waals surface area contributed by atoms with Gasteiger partial charge in [-0.1, -0.05) is 12.1 Å². The van der Waals surface area contributed by atoms with Crippen molar-refractivity contribution in [2.24, 2.45) is 17.8 Å². The zero-order chi connectivity index (χ0) is 14.1. The zero-order valence-corrected chi connectivity index (χ0v) is 12.4. The Hall–Kier alpha value is -1.61. The molecule has 0 atom stereocenters. The minimum atomic E-state index is 0.952. The Labute approximate surface area is 126 Å². The molecular weight excluding hydrogens is 258 g/mol. The van der Waals surface area contributed by atoms with Crippen LogP contribution < -0.4 is 5.32 Å². The van der Waals surface area contributed by atoms with Gasteiger partial charge in [-0.3, -0.25) is 0 Å². The maximum atomic E-state index is 4.26. The molecule has 2 saturated carbocycles. The van der Waals surface area contributed by atoms with Gasteiger partial charge in [0.1, 0.15) is 0 Å². The third-order valence-corrected chi connectivity index (χ3v) is 4.87. The molecule has 0 aliphatic heterocycles. The molecule has 2 aliphatic carbocycles. The molecule has 21 heavy (non-hydrogen) atoms. The van der Waals surface area contributed by atoms with Gasteiger partial charge in [-0.2, -0.15) is 5.10 Å². The highest BCUT2D eigenvalue weighted by atomic mass is 15.3. The highest BCUT2D eigenvalue weighted by Gasteiger charge is 2.40. The lowest BCUT2D eigenvalue weighted by atomic mass is 9.98. The molecule has 2 aromatic rings. The van der Waals surface area contributed by atoms with Crippen LogP contribution in [0, 0.1) is 17.8 Å². The second-order valence-electron chi connectivity index (χ2n) is 6.59. The van der Waals surface area contributed by atoms with Crippen molar-refractivity contribution < 1.29 is 0 Å². The lowest BCUT2D eigenvalue weighted by molar-refractivity contribution is 0.378. The van der Waals surface area contributed by atoms with E-state index in [-0.39, 0.29) is 0 Å². The quantitative estimate of drug-likeness (QED) is 0.843. The van der Waals surface area contributed by atoms with Crippen LogP contribution >= 0.6 is 0 Å². The van der Waals surface area contributed by atoms with Crippen LogP contribution in [0.1, 0.15) is 31.2 Å². The lowest BCUT2D eigenvalue weighted by Gasteiger charge is -2.16. The van der Waals surface area contributed by atoms with E-state index in [0.29, 0.717) is 0 Å². The number of hydrogen-bond acceptors (Lipinski definition) is 2. The zero-order valence-electron chi connectivity index (χ0n) is 12.4. The molecule has 110 valence electrons. The standard InChI is InChI=1S/C18H23N3/c1-10-20-21(11-1)17-8-2-14(3-9-17)12-19-13-18(15-4-5-15)16-6-7-16/h1-3,8-11,15-16,18-19H,4-7,12-13H2. The maximum absolute atomic E-state index is 4.26. The Balaban J connectivity index is 1.30. The summed E-state index contributed by atoms with van der Waals surface area (Å²) in [6.07, 6.45) is 9.68. The van der Waals surface area contributed by atoms with Crippen molar-refractivity contribution in [1.29, 1.82) is 0 Å². The minimum absolute atomic E-state index is 0.952. The summed E-state index contributed by atoms with van der Waals surface area (Å²) in [4.78, 5) is 0. The summed E-state index contributed by atoms with van der Waals surface area (Å²) < 4.78 is 1.90. The summed E-state index contributed by atoms with van der Waals surface area (Å²) in [7, 11) is 0. The highest BCUT2D eigenvalue weighted by molar-refractivity contribution is 5.33. The predicted molar refractivity (Wildman–Crippen MR) is 84.2 cm³/mol. The van der Waals surface area contributed by atoms with E-state index < -0.39 is 0 Å². The van der Waals surface area contributed by atoms with E-state index in [1.807, 2.05) is 23.1 Å². The SMILES string of the molecule is c1cnn(-c2ccc(CNCC(C3CC3)C3CC3)cc2)c1. The van der Waals surface area contributed by atoms with Crippen molar-refractivity contribution in [3.05, 3.63) is 48.3 Å². The lowest BCUT2D eigenvalue weighted by Crippen LogP contribution is -2.25. The van der Waals surface area contributed by atoms with Gasteiger partial charge in [0, 0.05) is 18.9 Å². The third kappa shape index (κ3) is 3.18. The van der Waals surface area contributed by atoms with E-state index in [1.165, 1.54) is 37.8 Å². The Morgan fingerprint density at radius 3 is 2.38 bits per heavy atom. The molecule has 2 aliphatic rings. The molecule has 1 aromatic heterocycles. The van der Waals surface area contributed by atoms with E-state index >= 15 is 0 Å². The first-order valence-corrected chi connectivity index (χ1v) is 8.20. The molecule has 0 saturated heterocycles. The predicted octanol–water partition coefficient (Wildman–Crippen LogP) is 3.40. The number of hydrogen-bond donors (Lipinski definition) is 1. The monoisotopic (exact) mass is 281 g/mol. The summed E-state index contributed by atoms with van der Waals surface area (Å²) in [5, 5.41) is 7.93. The van der Waals surface area contributed by atoms with Gasteiger partial charge in [0.25, 0.3) is 0 Å². The van der Waals surface area contributed by atoms with Crippen molar-refractivity contribution in [2.45, 2.75) is 32.2 Å². The van der Waals surface area contributed by atoms with Crippen molar-refractivity contribution >= 4 is 0 Å². The van der Waals surface area contributed by atoms with Crippen LogP contribution in [0.4, 0.5) is 0 Å². The van der Waals surface area contributed by atoms with Gasteiger partial charge in [0.15, 0.2) is 0 Å². The number of benzene rings is 1. The van der Waals surface area contributed by atoms with Crippen LogP contribution in [0.25, 0.3) is 5.69 Å². The normalized spacial score (nSPS) is 18.3. The minimum Gasteiger partial charge on any atom is -0.312 e. The maximum Gasteiger partial charge on any atom is 0.0645 e. The van der Waals surface area contributed by atoms with Gasteiger partial charge >= 0.3 is 0 Å². The van der Waals surface area contributed by atoms with Gasteiger partial charge < -0.3 is 5.32 Å². The van der Waals surface area contributed by atoms with Gasteiger partial charge in [0.2, 0.25) is 0 Å². The molecule has 0 amide bonds. The molecule has 2 fully saturated rings. The van der Waals surface area contributed by atoms with E-state index in [4.69, 9.17) is 0 Å². The summed E-state index contributed by atoms with van der Waals surface area (Å²) in [6.45, 7) is 2.19. The fraction of sp³-hybridized carbons (Fsp3) is 0.500. The van der Waals surface area contributed by atoms with Crippen LogP contribution in [0.15, 0.2) is 42.7 Å². The first kappa shape index (κ1) is 13.1. The Morgan fingerprint density at radius 1 is 1.10 bits per heavy atom. The summed E-state index contributed by atoms with van der Waals surface area (Å²) in [6, 6.07) is 10.6. The average Bonchev–Trinajstić information content (AvgIpc) is 3.45. The molecule has 0 unspecified atom stereocenters. The Morgan fingerprint density at radius 2 is 1.81 bits per heavy atom. The molecular formula is C18H23N3. The van der Waals surface area contributed by atoms with E-state index in [2.05, 4.69) is 34.7 Å². The fourth-order valence-corrected chi connectivity index (χ4v) is 3.34. The van der Waals surface area contributed by atoms with Gasteiger partial charge in [0.05, 0.1) is 5.69 Å². The van der Waals surface area contributed by atoms with Gasteiger partial charge in [-0.05, 0) is 73.7 Å². The van der Waals surface area contributed by atoms with Crippen LogP contribution in [0.5, 0.6) is 0 Å². The van der Waals surface area contributed by atoms with Crippen molar-refractivity contribution in [2.75, 3.05) is 6.54 Å². The van der Waals surface area contributed by atoms with Crippen molar-refractivity contribution in [1.82, 2.24) is 15.1 Å². The summed E-state index contributed by atoms with van der Waals surface area (Å²) in [5.41, 5.74) is 2.48. The molecule has 0 bridgehead atoms. The first-order valence-electron chi connectivity index (χ1n) is 8.20. The number of aromatic nitrogens is 2. The number of nitrogens with zero attached hydrogens (tertiary/aromatic N) is 2. The molecule has 1 heterocycles. The average molecular weight is 281 g/mol. The molecule has 4 rings (SSSR count). The Bertz CT molecular complexity index is 553. The van der Waals surface area contributed by atoms with Crippen molar-refractivity contribution in [3.8, 4) is 5.69 Å². The second-order valence-corrected chi connectivity index (χ2v) is 6.59. The molecule has 1 N–H and O–H groups in total. The second kappa shape index (κ2) is 5.64. The Kier molecular flexibility index (Phi) is 3.52. The number of rotatable bonds is 7. The topological polar surface area (TPSA) is 29.9 Å². The van der Waals surface area contributed by atoms with Crippen LogP contribution in [-0.2, 0) is 6.54 Å². The van der Waals surface area contributed by atoms with E-state index in [9.17, 15) is 0 Å². The van der Waals surface area contributed by atoms with Gasteiger partial charge in [-0.25, -0.2) is 4.68 Å². The summed E-state index contributed by atoms with van der Waals surface area (Å²) in [5.74, 6) is 3.02. The van der Waals surface area contributed by atoms with Crippen LogP contribution in [0.2, 0.25) is 0 Å². The molecule has 1 aromatic carbocycles. The van der Waals surface area contributed by atoms with E-state index in [0.717, 1.165) is 30.0 Å². The van der Waals surface area contributed by atoms with Crippen molar-refractivity contribution in [3.63, 3.8) is 0 Å².